The van der Waals surface area contributed by atoms with E-state index in [1.54, 1.807) is 0 Å². The highest BCUT2D eigenvalue weighted by Crippen LogP contribution is 2.30. The van der Waals surface area contributed by atoms with E-state index in [4.69, 9.17) is 0 Å². The maximum Gasteiger partial charge on any atom is 0.223 e. The molecule has 1 unspecified atom stereocenters. The van der Waals surface area contributed by atoms with E-state index in [9.17, 15) is 4.79 Å². The van der Waals surface area contributed by atoms with Gasteiger partial charge in [0, 0.05) is 45.2 Å². The Morgan fingerprint density at radius 3 is 2.62 bits per heavy atom. The van der Waals surface area contributed by atoms with Crippen LogP contribution in [0.4, 0.5) is 0 Å². The molecule has 2 rings (SSSR count). The minimum Gasteiger partial charge on any atom is -0.355 e. The van der Waals surface area contributed by atoms with Crippen molar-refractivity contribution in [1.82, 2.24) is 15.5 Å². The van der Waals surface area contributed by atoms with Gasteiger partial charge in [0.25, 0.3) is 0 Å². The maximum atomic E-state index is 12.3. The van der Waals surface area contributed by atoms with Crippen LogP contribution >= 0.6 is 0 Å². The molecular formula is C17H33N3O. The second-order valence-corrected chi connectivity index (χ2v) is 6.73. The lowest BCUT2D eigenvalue weighted by Crippen LogP contribution is -2.46. The number of amides is 1. The van der Waals surface area contributed by atoms with Crippen molar-refractivity contribution in [2.45, 2.75) is 51.9 Å². The number of hydrogen-bond acceptors (Lipinski definition) is 3. The summed E-state index contributed by atoms with van der Waals surface area (Å²) in [5, 5.41) is 6.53. The van der Waals surface area contributed by atoms with Crippen molar-refractivity contribution in [3.63, 3.8) is 0 Å². The monoisotopic (exact) mass is 295 g/mol. The Balaban J connectivity index is 1.64. The van der Waals surface area contributed by atoms with Crippen molar-refractivity contribution in [3.8, 4) is 0 Å². The van der Waals surface area contributed by atoms with Crippen LogP contribution in [0.2, 0.25) is 0 Å². The summed E-state index contributed by atoms with van der Waals surface area (Å²) in [6.07, 6.45) is 8.89. The zero-order valence-electron chi connectivity index (χ0n) is 13.7. The number of rotatable bonds is 7. The molecule has 1 heterocycles. The van der Waals surface area contributed by atoms with E-state index in [2.05, 4.69) is 22.5 Å². The van der Waals surface area contributed by atoms with E-state index in [1.165, 1.54) is 32.1 Å². The molecule has 0 spiro atoms. The first-order valence-electron chi connectivity index (χ1n) is 9.00. The van der Waals surface area contributed by atoms with E-state index in [-0.39, 0.29) is 5.92 Å². The maximum absolute atomic E-state index is 12.3. The molecule has 0 radical (unpaired) electrons. The van der Waals surface area contributed by atoms with Crippen LogP contribution in [0.25, 0.3) is 0 Å². The number of nitrogens with one attached hydrogen (secondary N) is 2. The van der Waals surface area contributed by atoms with Crippen LogP contribution in [0.3, 0.4) is 0 Å². The van der Waals surface area contributed by atoms with Crippen molar-refractivity contribution in [2.75, 3.05) is 39.3 Å². The summed E-state index contributed by atoms with van der Waals surface area (Å²) in [6, 6.07) is 0. The lowest BCUT2D eigenvalue weighted by atomic mass is 9.82. The smallest absolute Gasteiger partial charge is 0.223 e. The third-order valence-corrected chi connectivity index (χ3v) is 5.14. The predicted octanol–water partition coefficient (Wildman–Crippen LogP) is 2.00. The Morgan fingerprint density at radius 2 is 1.95 bits per heavy atom. The summed E-state index contributed by atoms with van der Waals surface area (Å²) in [5.41, 5.74) is 0. The summed E-state index contributed by atoms with van der Waals surface area (Å²) < 4.78 is 0. The van der Waals surface area contributed by atoms with Gasteiger partial charge in [-0.2, -0.15) is 0 Å². The average molecular weight is 295 g/mol. The van der Waals surface area contributed by atoms with E-state index in [0.717, 1.165) is 58.0 Å². The largest absolute Gasteiger partial charge is 0.355 e. The molecule has 2 fully saturated rings. The zero-order valence-corrected chi connectivity index (χ0v) is 13.7. The number of nitrogens with zero attached hydrogens (tertiary/aromatic N) is 1. The highest BCUT2D eigenvalue weighted by Gasteiger charge is 2.22. The molecule has 2 N–H and O–H groups in total. The first kappa shape index (κ1) is 16.8. The fraction of sp³-hybridized carbons (Fsp3) is 0.941. The van der Waals surface area contributed by atoms with E-state index < -0.39 is 0 Å². The number of hydrogen-bond donors (Lipinski definition) is 2. The topological polar surface area (TPSA) is 44.4 Å². The number of carbonyl (C=O) groups excluding carboxylic acids is 1. The van der Waals surface area contributed by atoms with Gasteiger partial charge in [-0.25, -0.2) is 0 Å². The van der Waals surface area contributed by atoms with Crippen LogP contribution < -0.4 is 10.6 Å². The van der Waals surface area contributed by atoms with Gasteiger partial charge in [0.15, 0.2) is 0 Å². The van der Waals surface area contributed by atoms with E-state index in [1.807, 2.05) is 0 Å². The van der Waals surface area contributed by atoms with Crippen LogP contribution in [-0.2, 0) is 4.79 Å². The van der Waals surface area contributed by atoms with Gasteiger partial charge < -0.3 is 10.6 Å². The quantitative estimate of drug-likeness (QED) is 0.755. The molecule has 0 bridgehead atoms. The lowest BCUT2D eigenvalue weighted by molar-refractivity contribution is -0.125. The first-order chi connectivity index (χ1) is 10.3. The first-order valence-corrected chi connectivity index (χ1v) is 9.00. The van der Waals surface area contributed by atoms with Crippen LogP contribution in [-0.4, -0.2) is 50.1 Å². The molecule has 21 heavy (non-hydrogen) atoms. The molecule has 1 amide bonds. The lowest BCUT2D eigenvalue weighted by Gasteiger charge is -2.28. The SMILES string of the molecule is CCC(CC1CCCCC1)C(=O)NCCN1CCNCC1. The standard InChI is InChI=1S/C17H33N3O/c1-2-16(14-15-6-4-3-5-7-15)17(21)19-10-13-20-11-8-18-9-12-20/h15-16,18H,2-14H2,1H3,(H,19,21). The molecule has 1 atom stereocenters. The van der Waals surface area contributed by atoms with Crippen molar-refractivity contribution in [1.29, 1.82) is 0 Å². The van der Waals surface area contributed by atoms with Gasteiger partial charge in [0.2, 0.25) is 5.91 Å². The molecule has 2 aliphatic rings. The molecular weight excluding hydrogens is 262 g/mol. The molecule has 4 nitrogen and oxygen atoms in total. The van der Waals surface area contributed by atoms with Crippen LogP contribution in [0.5, 0.6) is 0 Å². The Hall–Kier alpha value is -0.610. The van der Waals surface area contributed by atoms with Gasteiger partial charge in [0.1, 0.15) is 0 Å². The molecule has 1 aliphatic carbocycles. The van der Waals surface area contributed by atoms with Gasteiger partial charge in [-0.1, -0.05) is 39.0 Å². The number of carbonyl (C=O) groups is 1. The highest BCUT2D eigenvalue weighted by molar-refractivity contribution is 5.78. The second-order valence-electron chi connectivity index (χ2n) is 6.73. The molecule has 1 saturated carbocycles. The van der Waals surface area contributed by atoms with Crippen LogP contribution in [0.1, 0.15) is 51.9 Å². The fourth-order valence-electron chi connectivity index (χ4n) is 3.70. The Kier molecular flexibility index (Phi) is 7.51. The van der Waals surface area contributed by atoms with E-state index in [0.29, 0.717) is 5.91 Å². The summed E-state index contributed by atoms with van der Waals surface area (Å²) in [6.45, 7) is 8.32. The summed E-state index contributed by atoms with van der Waals surface area (Å²) >= 11 is 0. The van der Waals surface area contributed by atoms with Crippen molar-refractivity contribution in [3.05, 3.63) is 0 Å². The summed E-state index contributed by atoms with van der Waals surface area (Å²) in [4.78, 5) is 14.8. The minimum absolute atomic E-state index is 0.233. The molecule has 0 aromatic heterocycles. The average Bonchev–Trinajstić information content (AvgIpc) is 2.54. The third-order valence-electron chi connectivity index (χ3n) is 5.14. The van der Waals surface area contributed by atoms with Crippen molar-refractivity contribution >= 4 is 5.91 Å². The van der Waals surface area contributed by atoms with Crippen molar-refractivity contribution < 1.29 is 4.79 Å². The van der Waals surface area contributed by atoms with Gasteiger partial charge in [-0.15, -0.1) is 0 Å². The molecule has 1 aliphatic heterocycles. The summed E-state index contributed by atoms with van der Waals surface area (Å²) in [5.74, 6) is 1.32. The molecule has 0 aromatic carbocycles. The highest BCUT2D eigenvalue weighted by atomic mass is 16.1. The molecule has 1 saturated heterocycles. The molecule has 0 aromatic rings. The third kappa shape index (κ3) is 5.95. The van der Waals surface area contributed by atoms with Gasteiger partial charge >= 0.3 is 0 Å². The van der Waals surface area contributed by atoms with Gasteiger partial charge in [0.05, 0.1) is 0 Å². The predicted molar refractivity (Wildman–Crippen MR) is 87.3 cm³/mol. The summed E-state index contributed by atoms with van der Waals surface area (Å²) in [7, 11) is 0. The zero-order chi connectivity index (χ0) is 14.9. The Bertz CT molecular complexity index is 296. The van der Waals surface area contributed by atoms with E-state index >= 15 is 0 Å². The molecule has 4 heteroatoms. The second kappa shape index (κ2) is 9.42. The van der Waals surface area contributed by atoms with Gasteiger partial charge in [-0.05, 0) is 18.8 Å². The van der Waals surface area contributed by atoms with Crippen molar-refractivity contribution in [2.24, 2.45) is 11.8 Å². The number of piperazine rings is 1. The van der Waals surface area contributed by atoms with Crippen LogP contribution in [0, 0.1) is 11.8 Å². The van der Waals surface area contributed by atoms with Gasteiger partial charge in [-0.3, -0.25) is 9.69 Å². The minimum atomic E-state index is 0.233. The normalized spacial score (nSPS) is 22.9. The Labute approximate surface area is 130 Å². The Morgan fingerprint density at radius 1 is 1.24 bits per heavy atom. The fourth-order valence-corrected chi connectivity index (χ4v) is 3.70. The molecule has 122 valence electrons. The van der Waals surface area contributed by atoms with Crippen LogP contribution in [0.15, 0.2) is 0 Å².